The zero-order valence-electron chi connectivity index (χ0n) is 7.12. The Morgan fingerprint density at radius 3 is 2.85 bits per heavy atom. The Hall–Kier alpha value is -1.29. The number of halogens is 1. The molecule has 0 saturated carbocycles. The molecule has 0 saturated heterocycles. The third-order valence-corrected chi connectivity index (χ3v) is 1.60. The van der Waals surface area contributed by atoms with Gasteiger partial charge in [-0.15, -0.1) is 0 Å². The molecular weight excluding hydrogens is 192 g/mol. The van der Waals surface area contributed by atoms with E-state index in [0.717, 1.165) is 0 Å². The number of allylic oxidation sites excluding steroid dienone is 1. The first-order valence-corrected chi connectivity index (χ1v) is 3.99. The van der Waals surface area contributed by atoms with Crippen molar-refractivity contribution in [3.05, 3.63) is 29.1 Å². The minimum absolute atomic E-state index is 0.0536. The van der Waals surface area contributed by atoms with E-state index < -0.39 is 5.97 Å². The van der Waals surface area contributed by atoms with E-state index in [2.05, 4.69) is 11.7 Å². The number of carboxylic acid groups (broad SMARTS) is 1. The number of hydrogen-bond donors (Lipinski definition) is 1. The van der Waals surface area contributed by atoms with E-state index >= 15 is 0 Å². The van der Waals surface area contributed by atoms with E-state index in [9.17, 15) is 4.79 Å². The number of nitrogens with zero attached hydrogens (tertiary/aromatic N) is 2. The van der Waals surface area contributed by atoms with Gasteiger partial charge in [-0.05, 0) is 6.92 Å². The number of carbonyl (C=O) groups is 1. The monoisotopic (exact) mass is 200 g/mol. The second-order valence-corrected chi connectivity index (χ2v) is 3.22. The van der Waals surface area contributed by atoms with Crippen molar-refractivity contribution < 1.29 is 9.90 Å². The predicted octanol–water partition coefficient (Wildman–Crippen LogP) is 1.64. The molecule has 13 heavy (non-hydrogen) atoms. The normalized spacial score (nSPS) is 10.0. The van der Waals surface area contributed by atoms with Crippen molar-refractivity contribution >= 4 is 17.6 Å². The van der Waals surface area contributed by atoms with Gasteiger partial charge in [-0.2, -0.15) is 5.10 Å². The molecule has 0 unspecified atom stereocenters. The molecule has 1 N–H and O–H groups in total. The van der Waals surface area contributed by atoms with Crippen LogP contribution in [0, 0.1) is 6.92 Å². The molecule has 1 rings (SSSR count). The lowest BCUT2D eigenvalue weighted by Crippen LogP contribution is -2.03. The van der Waals surface area contributed by atoms with Gasteiger partial charge in [0.05, 0.1) is 6.54 Å². The Bertz CT molecular complexity index is 357. The van der Waals surface area contributed by atoms with Crippen LogP contribution in [0.2, 0.25) is 0 Å². The van der Waals surface area contributed by atoms with E-state index in [1.807, 2.05) is 0 Å². The maximum atomic E-state index is 10.6. The second kappa shape index (κ2) is 3.62. The van der Waals surface area contributed by atoms with Gasteiger partial charge >= 0.3 is 5.97 Å². The molecule has 1 aromatic heterocycles. The predicted molar refractivity (Wildman–Crippen MR) is 48.9 cm³/mol. The Balaban J connectivity index is 2.95. The summed E-state index contributed by atoms with van der Waals surface area (Å²) < 4.78 is 1.45. The molecule has 0 aliphatic carbocycles. The maximum absolute atomic E-state index is 10.6. The van der Waals surface area contributed by atoms with Gasteiger partial charge in [-0.3, -0.25) is 4.68 Å². The first-order chi connectivity index (χ1) is 6.00. The quantitative estimate of drug-likeness (QED) is 0.807. The van der Waals surface area contributed by atoms with Crippen molar-refractivity contribution in [2.24, 2.45) is 0 Å². The Kier molecular flexibility index (Phi) is 2.72. The van der Waals surface area contributed by atoms with Crippen molar-refractivity contribution in [3.8, 4) is 0 Å². The fraction of sp³-hybridized carbons (Fsp3) is 0.250. The first-order valence-electron chi connectivity index (χ1n) is 3.61. The van der Waals surface area contributed by atoms with Crippen LogP contribution in [0.1, 0.15) is 16.1 Å². The lowest BCUT2D eigenvalue weighted by Gasteiger charge is -1.95. The number of aryl methyl sites for hydroxylation is 1. The third kappa shape index (κ3) is 2.32. The molecule has 0 bridgehead atoms. The van der Waals surface area contributed by atoms with Gasteiger partial charge in [0.15, 0.2) is 5.69 Å². The maximum Gasteiger partial charge on any atom is 0.356 e. The van der Waals surface area contributed by atoms with E-state index in [-0.39, 0.29) is 5.69 Å². The summed E-state index contributed by atoms with van der Waals surface area (Å²) in [5, 5.41) is 12.9. The van der Waals surface area contributed by atoms with E-state index in [1.165, 1.54) is 4.68 Å². The molecular formula is C8H9ClN2O2. The average Bonchev–Trinajstić information content (AvgIpc) is 2.29. The number of rotatable bonds is 3. The summed E-state index contributed by atoms with van der Waals surface area (Å²) in [6.07, 6.45) is 1.62. The van der Waals surface area contributed by atoms with Crippen LogP contribution in [-0.4, -0.2) is 20.9 Å². The van der Waals surface area contributed by atoms with E-state index in [0.29, 0.717) is 17.1 Å². The third-order valence-electron chi connectivity index (χ3n) is 1.48. The number of carboxylic acids is 1. The first kappa shape index (κ1) is 9.80. The van der Waals surface area contributed by atoms with Crippen LogP contribution < -0.4 is 0 Å². The highest BCUT2D eigenvalue weighted by atomic mass is 35.5. The van der Waals surface area contributed by atoms with Gasteiger partial charge < -0.3 is 5.11 Å². The van der Waals surface area contributed by atoms with Crippen LogP contribution in [-0.2, 0) is 6.54 Å². The summed E-state index contributed by atoms with van der Waals surface area (Å²) in [7, 11) is 0. The highest BCUT2D eigenvalue weighted by Crippen LogP contribution is 2.07. The van der Waals surface area contributed by atoms with Gasteiger partial charge in [0.25, 0.3) is 0 Å². The van der Waals surface area contributed by atoms with Gasteiger partial charge in [0.1, 0.15) is 0 Å². The SMILES string of the molecule is C=C(Cl)Cn1cc(C)c(C(=O)O)n1. The van der Waals surface area contributed by atoms with Crippen molar-refractivity contribution in [2.45, 2.75) is 13.5 Å². The van der Waals surface area contributed by atoms with Crippen LogP contribution in [0.4, 0.5) is 0 Å². The lowest BCUT2D eigenvalue weighted by atomic mass is 10.3. The molecule has 0 aliphatic rings. The van der Waals surface area contributed by atoms with Crippen molar-refractivity contribution in [2.75, 3.05) is 0 Å². The largest absolute Gasteiger partial charge is 0.476 e. The van der Waals surface area contributed by atoms with Gasteiger partial charge in [0.2, 0.25) is 0 Å². The van der Waals surface area contributed by atoms with Crippen LogP contribution in [0.5, 0.6) is 0 Å². The van der Waals surface area contributed by atoms with Crippen molar-refractivity contribution in [1.82, 2.24) is 9.78 Å². The zero-order chi connectivity index (χ0) is 10.0. The molecule has 0 fully saturated rings. The Morgan fingerprint density at radius 1 is 1.85 bits per heavy atom. The van der Waals surface area contributed by atoms with E-state index in [4.69, 9.17) is 16.7 Å². The molecule has 0 aliphatic heterocycles. The molecule has 70 valence electrons. The number of hydrogen-bond acceptors (Lipinski definition) is 2. The number of aromatic carboxylic acids is 1. The van der Waals surface area contributed by atoms with Crippen LogP contribution in [0.25, 0.3) is 0 Å². The highest BCUT2D eigenvalue weighted by molar-refractivity contribution is 6.29. The summed E-state index contributed by atoms with van der Waals surface area (Å²) in [5.74, 6) is -1.03. The summed E-state index contributed by atoms with van der Waals surface area (Å²) in [4.78, 5) is 10.6. The van der Waals surface area contributed by atoms with Crippen LogP contribution in [0.15, 0.2) is 17.8 Å². The summed E-state index contributed by atoms with van der Waals surface area (Å²) >= 11 is 5.55. The number of aromatic nitrogens is 2. The molecule has 0 radical (unpaired) electrons. The topological polar surface area (TPSA) is 55.1 Å². The average molecular weight is 201 g/mol. The van der Waals surface area contributed by atoms with Crippen LogP contribution >= 0.6 is 11.6 Å². The smallest absolute Gasteiger partial charge is 0.356 e. The van der Waals surface area contributed by atoms with E-state index in [1.54, 1.807) is 13.1 Å². The Morgan fingerprint density at radius 2 is 2.46 bits per heavy atom. The van der Waals surface area contributed by atoms with Gasteiger partial charge in [0, 0.05) is 16.8 Å². The minimum atomic E-state index is -1.03. The van der Waals surface area contributed by atoms with Crippen molar-refractivity contribution in [3.63, 3.8) is 0 Å². The molecule has 0 amide bonds. The highest BCUT2D eigenvalue weighted by Gasteiger charge is 2.11. The summed E-state index contributed by atoms with van der Waals surface area (Å²) in [5.41, 5.74) is 0.670. The second-order valence-electron chi connectivity index (χ2n) is 2.68. The standard InChI is InChI=1S/C8H9ClN2O2/c1-5-3-11(4-6(2)9)10-7(5)8(12)13/h3H,2,4H2,1H3,(H,12,13). The summed E-state index contributed by atoms with van der Waals surface area (Å²) in [6.45, 7) is 5.50. The molecule has 0 atom stereocenters. The Labute approximate surface area is 80.4 Å². The minimum Gasteiger partial charge on any atom is -0.476 e. The summed E-state index contributed by atoms with van der Waals surface area (Å²) in [6, 6.07) is 0. The zero-order valence-corrected chi connectivity index (χ0v) is 7.88. The van der Waals surface area contributed by atoms with Gasteiger partial charge in [-0.25, -0.2) is 4.79 Å². The molecule has 1 heterocycles. The van der Waals surface area contributed by atoms with Crippen molar-refractivity contribution in [1.29, 1.82) is 0 Å². The van der Waals surface area contributed by atoms with Gasteiger partial charge in [-0.1, -0.05) is 18.2 Å². The molecule has 5 heteroatoms. The molecule has 4 nitrogen and oxygen atoms in total. The fourth-order valence-electron chi connectivity index (χ4n) is 0.989. The molecule has 1 aromatic rings. The molecule has 0 aromatic carbocycles. The lowest BCUT2D eigenvalue weighted by molar-refractivity contribution is 0.0689. The molecule has 0 spiro atoms. The fourth-order valence-corrected chi connectivity index (χ4v) is 1.11. The van der Waals surface area contributed by atoms with Crippen LogP contribution in [0.3, 0.4) is 0 Å².